The molecule has 0 spiro atoms. The maximum Gasteiger partial charge on any atom is 0.242 e. The Labute approximate surface area is 151 Å². The molecule has 0 saturated heterocycles. The van der Waals surface area contributed by atoms with Crippen molar-refractivity contribution in [3.05, 3.63) is 48.5 Å². The van der Waals surface area contributed by atoms with Gasteiger partial charge in [0.25, 0.3) is 0 Å². The summed E-state index contributed by atoms with van der Waals surface area (Å²) in [5.41, 5.74) is 7.43. The van der Waals surface area contributed by atoms with Crippen molar-refractivity contribution in [1.29, 1.82) is 0 Å². The van der Waals surface area contributed by atoms with Gasteiger partial charge in [0, 0.05) is 9.79 Å². The van der Waals surface area contributed by atoms with Crippen LogP contribution in [0.5, 0.6) is 0 Å². The van der Waals surface area contributed by atoms with Gasteiger partial charge in [-0.3, -0.25) is 9.69 Å². The Morgan fingerprint density at radius 1 is 1.04 bits per heavy atom. The number of hydrogen-bond donors (Lipinski definition) is 1. The number of fused-ring (bicyclic) bond motifs is 2. The van der Waals surface area contributed by atoms with E-state index in [1.165, 1.54) is 23.1 Å². The summed E-state index contributed by atoms with van der Waals surface area (Å²) in [7, 11) is 0. The van der Waals surface area contributed by atoms with Crippen LogP contribution in [0.2, 0.25) is 0 Å². The number of anilines is 3. The average Bonchev–Trinajstić information content (AvgIpc) is 3.03. The Balaban J connectivity index is 1.65. The van der Waals surface area contributed by atoms with Crippen LogP contribution in [0.25, 0.3) is 0 Å². The zero-order valence-corrected chi connectivity index (χ0v) is 14.8. The summed E-state index contributed by atoms with van der Waals surface area (Å²) in [5, 5.41) is 8.14. The molecule has 1 aliphatic heterocycles. The van der Waals surface area contributed by atoms with Gasteiger partial charge in [0.05, 0.1) is 17.1 Å². The minimum absolute atomic E-state index is 0.00831. The molecule has 0 fully saturated rings. The molecule has 8 heteroatoms. The largest absolute Gasteiger partial charge is 0.374 e. The molecule has 3 aromatic rings. The number of thioether (sulfide) groups is 1. The van der Waals surface area contributed by atoms with Crippen molar-refractivity contribution in [2.24, 2.45) is 0 Å². The highest BCUT2D eigenvalue weighted by atomic mass is 32.2. The number of nitrogen functional groups attached to an aromatic ring is 1. The summed E-state index contributed by atoms with van der Waals surface area (Å²) in [6.07, 6.45) is 0. The van der Waals surface area contributed by atoms with Gasteiger partial charge in [0.15, 0.2) is 4.34 Å². The summed E-state index contributed by atoms with van der Waals surface area (Å²) < 4.78 is 0.703. The maximum absolute atomic E-state index is 12.9. The standard InChI is InChI=1S/C16H12N4OS3/c17-15-18-19-16(24-15)22-9-14(21)20-10-5-1-3-7-12(10)23-13-8-4-2-6-11(13)20/h1-8H,9H2,(H2,17,18). The third-order valence-corrected chi connectivity index (χ3v) is 6.42. The quantitative estimate of drug-likeness (QED) is 0.700. The highest BCUT2D eigenvalue weighted by molar-refractivity contribution is 8.01. The molecule has 0 aliphatic carbocycles. The molecule has 2 heterocycles. The molecular weight excluding hydrogens is 360 g/mol. The van der Waals surface area contributed by atoms with Crippen LogP contribution in [0.4, 0.5) is 16.5 Å². The summed E-state index contributed by atoms with van der Waals surface area (Å²) in [6, 6.07) is 15.9. The molecule has 0 radical (unpaired) electrons. The molecule has 5 nitrogen and oxygen atoms in total. The van der Waals surface area contributed by atoms with Gasteiger partial charge >= 0.3 is 0 Å². The Bertz CT molecular complexity index is 866. The van der Waals surface area contributed by atoms with Crippen molar-refractivity contribution in [2.75, 3.05) is 16.4 Å². The number of nitrogens with two attached hydrogens (primary N) is 1. The van der Waals surface area contributed by atoms with Crippen LogP contribution in [0.15, 0.2) is 62.7 Å². The Morgan fingerprint density at radius 2 is 1.67 bits per heavy atom. The smallest absolute Gasteiger partial charge is 0.242 e. The van der Waals surface area contributed by atoms with E-state index in [4.69, 9.17) is 5.73 Å². The second-order valence-electron chi connectivity index (χ2n) is 4.96. The van der Waals surface area contributed by atoms with Crippen molar-refractivity contribution >= 4 is 57.3 Å². The first-order chi connectivity index (χ1) is 11.7. The van der Waals surface area contributed by atoms with E-state index in [9.17, 15) is 4.79 Å². The number of para-hydroxylation sites is 2. The SMILES string of the molecule is Nc1nnc(SCC(=O)N2c3ccccc3Sc3ccccc32)s1. The third-order valence-electron chi connectivity index (χ3n) is 3.42. The van der Waals surface area contributed by atoms with Gasteiger partial charge in [-0.15, -0.1) is 10.2 Å². The highest BCUT2D eigenvalue weighted by Gasteiger charge is 2.27. The average molecular weight is 373 g/mol. The van der Waals surface area contributed by atoms with Gasteiger partial charge in [-0.1, -0.05) is 59.1 Å². The van der Waals surface area contributed by atoms with E-state index in [0.717, 1.165) is 21.2 Å². The first-order valence-corrected chi connectivity index (χ1v) is 9.75. The number of benzene rings is 2. The molecule has 0 unspecified atom stereocenters. The maximum atomic E-state index is 12.9. The fourth-order valence-corrected chi connectivity index (χ4v) is 4.98. The van der Waals surface area contributed by atoms with E-state index in [2.05, 4.69) is 10.2 Å². The topological polar surface area (TPSA) is 72.1 Å². The minimum atomic E-state index is 0.00831. The van der Waals surface area contributed by atoms with Crippen LogP contribution in [0, 0.1) is 0 Å². The molecule has 1 aromatic heterocycles. The Morgan fingerprint density at radius 3 is 2.25 bits per heavy atom. The van der Waals surface area contributed by atoms with Crippen LogP contribution in [0.3, 0.4) is 0 Å². The first-order valence-electron chi connectivity index (χ1n) is 7.13. The lowest BCUT2D eigenvalue weighted by molar-refractivity contribution is -0.115. The lowest BCUT2D eigenvalue weighted by Gasteiger charge is -2.30. The third kappa shape index (κ3) is 2.88. The van der Waals surface area contributed by atoms with Gasteiger partial charge in [-0.05, 0) is 24.3 Å². The van der Waals surface area contributed by atoms with Crippen molar-refractivity contribution in [1.82, 2.24) is 10.2 Å². The van der Waals surface area contributed by atoms with Gasteiger partial charge in [-0.2, -0.15) is 0 Å². The highest BCUT2D eigenvalue weighted by Crippen LogP contribution is 2.48. The Hall–Kier alpha value is -2.03. The molecule has 24 heavy (non-hydrogen) atoms. The number of rotatable bonds is 3. The molecule has 0 atom stereocenters. The molecule has 2 N–H and O–H groups in total. The van der Waals surface area contributed by atoms with Gasteiger partial charge < -0.3 is 5.73 Å². The number of aromatic nitrogens is 2. The fraction of sp³-hybridized carbons (Fsp3) is 0.0625. The number of carbonyl (C=O) groups excluding carboxylic acids is 1. The van der Waals surface area contributed by atoms with Crippen LogP contribution in [-0.2, 0) is 4.79 Å². The van der Waals surface area contributed by atoms with Gasteiger partial charge in [-0.25, -0.2) is 0 Å². The lowest BCUT2D eigenvalue weighted by Crippen LogP contribution is -2.29. The summed E-state index contributed by atoms with van der Waals surface area (Å²) in [6.45, 7) is 0. The van der Waals surface area contributed by atoms with Gasteiger partial charge in [0.1, 0.15) is 0 Å². The minimum Gasteiger partial charge on any atom is -0.374 e. The van der Waals surface area contributed by atoms with E-state index in [-0.39, 0.29) is 11.7 Å². The molecule has 4 rings (SSSR count). The molecule has 0 bridgehead atoms. The Kier molecular flexibility index (Phi) is 4.17. The van der Waals surface area contributed by atoms with E-state index >= 15 is 0 Å². The van der Waals surface area contributed by atoms with Crippen molar-refractivity contribution in [2.45, 2.75) is 14.1 Å². The molecule has 0 saturated carbocycles. The van der Waals surface area contributed by atoms with Crippen molar-refractivity contribution in [3.8, 4) is 0 Å². The van der Waals surface area contributed by atoms with E-state index in [1.807, 2.05) is 48.5 Å². The zero-order valence-electron chi connectivity index (χ0n) is 12.4. The number of hydrogen-bond acceptors (Lipinski definition) is 7. The van der Waals surface area contributed by atoms with E-state index < -0.39 is 0 Å². The predicted molar refractivity (Wildman–Crippen MR) is 99.2 cm³/mol. The fourth-order valence-electron chi connectivity index (χ4n) is 2.44. The normalized spacial score (nSPS) is 12.6. The van der Waals surface area contributed by atoms with Gasteiger partial charge in [0.2, 0.25) is 11.0 Å². The molecular formula is C16H12N4OS3. The van der Waals surface area contributed by atoms with Crippen LogP contribution in [-0.4, -0.2) is 21.9 Å². The second-order valence-corrected chi connectivity index (χ2v) is 8.28. The van der Waals surface area contributed by atoms with E-state index in [1.54, 1.807) is 16.7 Å². The molecule has 1 amide bonds. The number of nitrogens with zero attached hydrogens (tertiary/aromatic N) is 3. The van der Waals surface area contributed by atoms with Crippen LogP contribution in [0.1, 0.15) is 0 Å². The lowest BCUT2D eigenvalue weighted by atomic mass is 10.2. The van der Waals surface area contributed by atoms with Crippen molar-refractivity contribution < 1.29 is 4.79 Å². The zero-order chi connectivity index (χ0) is 16.5. The number of carbonyl (C=O) groups is 1. The summed E-state index contributed by atoms with van der Waals surface area (Å²) in [4.78, 5) is 16.9. The summed E-state index contributed by atoms with van der Waals surface area (Å²) >= 11 is 4.33. The van der Waals surface area contributed by atoms with Crippen LogP contribution >= 0.6 is 34.9 Å². The monoisotopic (exact) mass is 372 g/mol. The second kappa shape index (κ2) is 6.46. The number of amides is 1. The van der Waals surface area contributed by atoms with Crippen molar-refractivity contribution in [3.63, 3.8) is 0 Å². The molecule has 120 valence electrons. The van der Waals surface area contributed by atoms with Crippen LogP contribution < -0.4 is 10.6 Å². The predicted octanol–water partition coefficient (Wildman–Crippen LogP) is 4.04. The first kappa shape index (κ1) is 15.5. The molecule has 2 aromatic carbocycles. The summed E-state index contributed by atoms with van der Waals surface area (Å²) in [5.74, 6) is 0.288. The van der Waals surface area contributed by atoms with E-state index in [0.29, 0.717) is 9.47 Å². The molecule has 1 aliphatic rings.